The summed E-state index contributed by atoms with van der Waals surface area (Å²) in [5.41, 5.74) is -0.841. The van der Waals surface area contributed by atoms with E-state index in [1.807, 2.05) is 27.7 Å². The van der Waals surface area contributed by atoms with Gasteiger partial charge in [0.1, 0.15) is 11.2 Å². The Morgan fingerprint density at radius 2 is 1.04 bits per heavy atom. The Bertz CT molecular complexity index is 344. The lowest BCUT2D eigenvalue weighted by Gasteiger charge is -2.29. The third kappa shape index (κ3) is 9.29. The Hall–Kier alpha value is -1.06. The summed E-state index contributed by atoms with van der Waals surface area (Å²) in [4.78, 5) is 24.1. The molecule has 0 aliphatic rings. The van der Waals surface area contributed by atoms with Crippen molar-refractivity contribution >= 4 is 11.9 Å². The Balaban J connectivity index is 4.36. The molecule has 0 N–H and O–H groups in total. The second-order valence-electron chi connectivity index (χ2n) is 7.26. The molecule has 0 aromatic rings. The molecule has 0 radical (unpaired) electrons. The zero-order valence-electron chi connectivity index (χ0n) is 16.7. The van der Waals surface area contributed by atoms with E-state index in [-0.39, 0.29) is 24.8 Å². The van der Waals surface area contributed by atoms with Crippen LogP contribution in [-0.2, 0) is 19.1 Å². The molecule has 0 aromatic heterocycles. The highest BCUT2D eigenvalue weighted by Crippen LogP contribution is 2.25. The molecular formula is C20H38O4. The Morgan fingerprint density at radius 1 is 0.708 bits per heavy atom. The van der Waals surface area contributed by atoms with Crippen LogP contribution in [0.5, 0.6) is 0 Å². The predicted octanol–water partition coefficient (Wildman–Crippen LogP) is 5.57. The average molecular weight is 343 g/mol. The second kappa shape index (κ2) is 11.5. The van der Waals surface area contributed by atoms with Crippen LogP contribution in [-0.4, -0.2) is 23.1 Å². The van der Waals surface area contributed by atoms with E-state index in [0.29, 0.717) is 0 Å². The summed E-state index contributed by atoms with van der Waals surface area (Å²) in [7, 11) is 0. The van der Waals surface area contributed by atoms with Crippen molar-refractivity contribution in [1.82, 2.24) is 0 Å². The first-order valence-corrected chi connectivity index (χ1v) is 9.67. The van der Waals surface area contributed by atoms with Gasteiger partial charge < -0.3 is 9.47 Å². The van der Waals surface area contributed by atoms with Gasteiger partial charge in [-0.1, -0.05) is 40.5 Å². The molecule has 0 aromatic carbocycles. The van der Waals surface area contributed by atoms with Gasteiger partial charge in [-0.3, -0.25) is 9.59 Å². The minimum atomic E-state index is -0.421. The van der Waals surface area contributed by atoms with Gasteiger partial charge in [-0.05, 0) is 52.4 Å². The third-order valence-electron chi connectivity index (χ3n) is 4.87. The molecule has 0 fully saturated rings. The lowest BCUT2D eigenvalue weighted by molar-refractivity contribution is -0.166. The third-order valence-corrected chi connectivity index (χ3v) is 4.87. The minimum Gasteiger partial charge on any atom is -0.459 e. The fourth-order valence-electron chi connectivity index (χ4n) is 2.56. The fourth-order valence-corrected chi connectivity index (χ4v) is 2.56. The number of hydrogen-bond acceptors (Lipinski definition) is 4. The van der Waals surface area contributed by atoms with Crippen LogP contribution >= 0.6 is 0 Å². The first-order chi connectivity index (χ1) is 11.2. The van der Waals surface area contributed by atoms with Crippen molar-refractivity contribution < 1.29 is 19.1 Å². The molecule has 2 atom stereocenters. The van der Waals surface area contributed by atoms with E-state index < -0.39 is 11.2 Å². The molecule has 4 nitrogen and oxygen atoms in total. The minimum absolute atomic E-state index is 0.0914. The van der Waals surface area contributed by atoms with Crippen molar-refractivity contribution in [2.24, 2.45) is 0 Å². The molecule has 2 unspecified atom stereocenters. The van der Waals surface area contributed by atoms with Crippen LogP contribution < -0.4 is 0 Å². The van der Waals surface area contributed by atoms with Gasteiger partial charge in [0.25, 0.3) is 0 Å². The summed E-state index contributed by atoms with van der Waals surface area (Å²) in [5.74, 6) is -0.613. The Labute approximate surface area is 148 Å². The van der Waals surface area contributed by atoms with E-state index in [1.165, 1.54) is 0 Å². The lowest BCUT2D eigenvalue weighted by Crippen LogP contribution is -2.33. The van der Waals surface area contributed by atoms with Gasteiger partial charge in [-0.15, -0.1) is 0 Å². The number of esters is 2. The molecule has 0 saturated carbocycles. The van der Waals surface area contributed by atoms with Gasteiger partial charge in [-0.25, -0.2) is 0 Å². The quantitative estimate of drug-likeness (QED) is 0.410. The zero-order valence-corrected chi connectivity index (χ0v) is 16.7. The van der Waals surface area contributed by atoms with Crippen LogP contribution in [0.3, 0.4) is 0 Å². The van der Waals surface area contributed by atoms with Crippen LogP contribution in [0.4, 0.5) is 0 Å². The van der Waals surface area contributed by atoms with Gasteiger partial charge in [0.15, 0.2) is 0 Å². The second-order valence-corrected chi connectivity index (χ2v) is 7.26. The molecule has 0 rings (SSSR count). The van der Waals surface area contributed by atoms with Crippen molar-refractivity contribution in [3.63, 3.8) is 0 Å². The highest BCUT2D eigenvalue weighted by molar-refractivity contribution is 5.78. The molecule has 0 aliphatic carbocycles. The first kappa shape index (κ1) is 22.9. The van der Waals surface area contributed by atoms with Crippen molar-refractivity contribution in [3.8, 4) is 0 Å². The number of carbonyl (C=O) groups excluding carboxylic acids is 2. The van der Waals surface area contributed by atoms with Gasteiger partial charge in [0.2, 0.25) is 0 Å². The van der Waals surface area contributed by atoms with Crippen LogP contribution in [0.25, 0.3) is 0 Å². The van der Waals surface area contributed by atoms with E-state index in [9.17, 15) is 9.59 Å². The van der Waals surface area contributed by atoms with Crippen molar-refractivity contribution in [3.05, 3.63) is 0 Å². The highest BCUT2D eigenvalue weighted by Gasteiger charge is 2.28. The van der Waals surface area contributed by atoms with Crippen LogP contribution in [0, 0.1) is 0 Å². The molecule has 0 spiro atoms. The monoisotopic (exact) mass is 342 g/mol. The van der Waals surface area contributed by atoms with Gasteiger partial charge >= 0.3 is 11.9 Å². The summed E-state index contributed by atoms with van der Waals surface area (Å²) in [6.07, 6.45) is 7.70. The zero-order chi connectivity index (χ0) is 18.6. The van der Waals surface area contributed by atoms with E-state index in [2.05, 4.69) is 13.8 Å². The van der Waals surface area contributed by atoms with E-state index in [4.69, 9.17) is 9.47 Å². The fraction of sp³-hybridized carbons (Fsp3) is 0.900. The van der Waals surface area contributed by atoms with Gasteiger partial charge in [-0.2, -0.15) is 0 Å². The molecule has 0 saturated heterocycles. The van der Waals surface area contributed by atoms with Crippen LogP contribution in [0.15, 0.2) is 0 Å². The normalized spacial score (nSPS) is 16.1. The van der Waals surface area contributed by atoms with E-state index >= 15 is 0 Å². The van der Waals surface area contributed by atoms with Crippen molar-refractivity contribution in [1.29, 1.82) is 0 Å². The van der Waals surface area contributed by atoms with Crippen LogP contribution in [0.1, 0.15) is 106 Å². The SMILES string of the molecule is CCCCC(C)(CC)OC(=O)CCC(=O)OC(C)(CC)CCCC. The Morgan fingerprint density at radius 3 is 1.29 bits per heavy atom. The number of hydrogen-bond donors (Lipinski definition) is 0. The molecular weight excluding hydrogens is 304 g/mol. The molecule has 0 heterocycles. The summed E-state index contributed by atoms with van der Waals surface area (Å²) in [6.45, 7) is 12.2. The molecule has 0 aliphatic heterocycles. The largest absolute Gasteiger partial charge is 0.459 e. The maximum Gasteiger partial charge on any atom is 0.306 e. The standard InChI is InChI=1S/C20H38O4/c1-7-11-15-19(5,9-3)23-17(21)13-14-18(22)24-20(6,10-4)16-12-8-2/h7-16H2,1-6H3. The van der Waals surface area contributed by atoms with Crippen molar-refractivity contribution in [2.75, 3.05) is 0 Å². The molecule has 0 amide bonds. The number of rotatable bonds is 13. The topological polar surface area (TPSA) is 52.6 Å². The smallest absolute Gasteiger partial charge is 0.306 e. The summed E-state index contributed by atoms with van der Waals surface area (Å²) in [6, 6.07) is 0. The molecule has 24 heavy (non-hydrogen) atoms. The Kier molecular flexibility index (Phi) is 11.0. The summed E-state index contributed by atoms with van der Waals surface area (Å²) >= 11 is 0. The first-order valence-electron chi connectivity index (χ1n) is 9.67. The molecule has 4 heteroatoms. The number of unbranched alkanes of at least 4 members (excludes halogenated alkanes) is 2. The number of carbonyl (C=O) groups is 2. The average Bonchev–Trinajstić information content (AvgIpc) is 2.56. The summed E-state index contributed by atoms with van der Waals surface area (Å²) in [5, 5.41) is 0. The maximum absolute atomic E-state index is 12.1. The summed E-state index contributed by atoms with van der Waals surface area (Å²) < 4.78 is 11.2. The highest BCUT2D eigenvalue weighted by atomic mass is 16.6. The van der Waals surface area contributed by atoms with Gasteiger partial charge in [0, 0.05) is 0 Å². The molecule has 0 bridgehead atoms. The van der Waals surface area contributed by atoms with Crippen LogP contribution in [0.2, 0.25) is 0 Å². The molecule has 142 valence electrons. The van der Waals surface area contributed by atoms with E-state index in [0.717, 1.165) is 51.4 Å². The predicted molar refractivity (Wildman–Crippen MR) is 97.9 cm³/mol. The van der Waals surface area contributed by atoms with E-state index in [1.54, 1.807) is 0 Å². The lowest BCUT2D eigenvalue weighted by atomic mass is 9.95. The van der Waals surface area contributed by atoms with Crippen molar-refractivity contribution in [2.45, 2.75) is 117 Å². The van der Waals surface area contributed by atoms with Gasteiger partial charge in [0.05, 0.1) is 12.8 Å². The maximum atomic E-state index is 12.1. The number of ether oxygens (including phenoxy) is 2.